The van der Waals surface area contributed by atoms with Gasteiger partial charge in [-0.3, -0.25) is 4.99 Å². The first-order chi connectivity index (χ1) is 4.74. The van der Waals surface area contributed by atoms with Crippen LogP contribution in [-0.2, 0) is 0 Å². The maximum absolute atomic E-state index is 5.49. The summed E-state index contributed by atoms with van der Waals surface area (Å²) in [7, 11) is 0. The van der Waals surface area contributed by atoms with Gasteiger partial charge in [-0.25, -0.2) is 0 Å². The molecule has 0 saturated heterocycles. The van der Waals surface area contributed by atoms with Crippen molar-refractivity contribution in [3.8, 4) is 0 Å². The number of nitrogens with one attached hydrogen (secondary N) is 1. The van der Waals surface area contributed by atoms with Crippen molar-refractivity contribution >= 4 is 5.96 Å². The van der Waals surface area contributed by atoms with Gasteiger partial charge in [0.25, 0.3) is 0 Å². The number of nitrogens with two attached hydrogens (primary N) is 2. The van der Waals surface area contributed by atoms with Gasteiger partial charge in [-0.05, 0) is 13.5 Å². The van der Waals surface area contributed by atoms with Crippen LogP contribution in [0.15, 0.2) is 4.99 Å². The molecule has 0 saturated carbocycles. The zero-order valence-electron chi connectivity index (χ0n) is 6.17. The Morgan fingerprint density at radius 1 is 1.80 bits per heavy atom. The van der Waals surface area contributed by atoms with Crippen molar-refractivity contribution in [2.45, 2.75) is 13.0 Å². The molecule has 10 heavy (non-hydrogen) atoms. The summed E-state index contributed by atoms with van der Waals surface area (Å²) in [6.45, 7) is 3.50. The Hall–Kier alpha value is -0.770. The lowest BCUT2D eigenvalue weighted by Crippen LogP contribution is -2.49. The minimum atomic E-state index is 0.363. The lowest BCUT2D eigenvalue weighted by atomic mass is 10.0. The number of hydrogen-bond acceptors (Lipinski definition) is 4. The fraction of sp³-hybridized carbons (Fsp3) is 0.833. The third-order valence-electron chi connectivity index (χ3n) is 1.88. The lowest BCUT2D eigenvalue weighted by molar-refractivity contribution is 0.413. The molecular weight excluding hydrogens is 128 g/mol. The summed E-state index contributed by atoms with van der Waals surface area (Å²) in [4.78, 5) is 4.04. The zero-order chi connectivity index (χ0) is 7.56. The predicted octanol–water partition coefficient (Wildman–Crippen LogP) is -1.13. The Balaban J connectivity index is 2.52. The average Bonchev–Trinajstić information content (AvgIpc) is 1.88. The van der Waals surface area contributed by atoms with Gasteiger partial charge in [0.2, 0.25) is 0 Å². The van der Waals surface area contributed by atoms with Crippen LogP contribution in [0.25, 0.3) is 0 Å². The highest BCUT2D eigenvalue weighted by atomic mass is 15.1. The van der Waals surface area contributed by atoms with Gasteiger partial charge in [-0.1, -0.05) is 0 Å². The summed E-state index contributed by atoms with van der Waals surface area (Å²) in [5, 5.41) is 3.03. The van der Waals surface area contributed by atoms with E-state index in [1.165, 1.54) is 0 Å². The van der Waals surface area contributed by atoms with Crippen molar-refractivity contribution in [1.82, 2.24) is 5.32 Å². The van der Waals surface area contributed by atoms with E-state index >= 15 is 0 Å². The van der Waals surface area contributed by atoms with Crippen molar-refractivity contribution in [2.75, 3.05) is 13.1 Å². The normalized spacial score (nSPS) is 32.8. The Morgan fingerprint density at radius 3 is 3.00 bits per heavy atom. The predicted molar refractivity (Wildman–Crippen MR) is 41.6 cm³/mol. The summed E-state index contributed by atoms with van der Waals surface area (Å²) in [6, 6.07) is 0.363. The standard InChI is InChI=1S/C6H14N4/c1-4-5(2-7)3-9-6(8)10-4/h4-5H,2-3,7H2,1H3,(H3,8,9,10). The van der Waals surface area contributed by atoms with Gasteiger partial charge in [0, 0.05) is 18.5 Å². The number of hydrogen-bond donors (Lipinski definition) is 3. The second kappa shape index (κ2) is 2.88. The number of guanidine groups is 1. The summed E-state index contributed by atoms with van der Waals surface area (Å²) in [5.41, 5.74) is 10.9. The first-order valence-electron chi connectivity index (χ1n) is 3.50. The van der Waals surface area contributed by atoms with E-state index in [2.05, 4.69) is 17.2 Å². The molecule has 0 spiro atoms. The first-order valence-corrected chi connectivity index (χ1v) is 3.50. The summed E-state index contributed by atoms with van der Waals surface area (Å²) in [5.74, 6) is 0.976. The highest BCUT2D eigenvalue weighted by Gasteiger charge is 2.19. The minimum Gasteiger partial charge on any atom is -0.370 e. The SMILES string of the molecule is CC1NC(N)=NCC1CN. The van der Waals surface area contributed by atoms with E-state index in [0.717, 1.165) is 6.54 Å². The molecule has 0 aliphatic carbocycles. The third kappa shape index (κ3) is 1.39. The smallest absolute Gasteiger partial charge is 0.188 e. The Kier molecular flexibility index (Phi) is 2.11. The van der Waals surface area contributed by atoms with Crippen molar-refractivity contribution in [3.05, 3.63) is 0 Å². The van der Waals surface area contributed by atoms with Crippen LogP contribution in [-0.4, -0.2) is 25.1 Å². The quantitative estimate of drug-likeness (QED) is 0.433. The molecule has 0 amide bonds. The van der Waals surface area contributed by atoms with Crippen LogP contribution in [0.3, 0.4) is 0 Å². The molecule has 1 aliphatic heterocycles. The van der Waals surface area contributed by atoms with Gasteiger partial charge in [-0.2, -0.15) is 0 Å². The van der Waals surface area contributed by atoms with E-state index in [1.54, 1.807) is 0 Å². The number of aliphatic imine (C=N–C) groups is 1. The molecule has 0 bridgehead atoms. The summed E-state index contributed by atoms with van der Waals surface area (Å²) >= 11 is 0. The summed E-state index contributed by atoms with van der Waals surface area (Å²) < 4.78 is 0. The highest BCUT2D eigenvalue weighted by molar-refractivity contribution is 5.78. The molecule has 0 aromatic carbocycles. The Labute approximate surface area is 60.7 Å². The van der Waals surface area contributed by atoms with Gasteiger partial charge in [0.15, 0.2) is 5.96 Å². The number of nitrogens with zero attached hydrogens (tertiary/aromatic N) is 1. The fourth-order valence-corrected chi connectivity index (χ4v) is 1.05. The molecule has 58 valence electrons. The van der Waals surface area contributed by atoms with Crippen LogP contribution < -0.4 is 16.8 Å². The van der Waals surface area contributed by atoms with Crippen LogP contribution >= 0.6 is 0 Å². The van der Waals surface area contributed by atoms with Gasteiger partial charge in [0.1, 0.15) is 0 Å². The van der Waals surface area contributed by atoms with E-state index in [-0.39, 0.29) is 0 Å². The van der Waals surface area contributed by atoms with E-state index < -0.39 is 0 Å². The minimum absolute atomic E-state index is 0.363. The van der Waals surface area contributed by atoms with Crippen molar-refractivity contribution in [3.63, 3.8) is 0 Å². The van der Waals surface area contributed by atoms with Crippen molar-refractivity contribution in [2.24, 2.45) is 22.4 Å². The van der Waals surface area contributed by atoms with Crippen LogP contribution in [0.2, 0.25) is 0 Å². The topological polar surface area (TPSA) is 76.4 Å². The van der Waals surface area contributed by atoms with Crippen LogP contribution in [0.1, 0.15) is 6.92 Å². The van der Waals surface area contributed by atoms with Crippen LogP contribution in [0.4, 0.5) is 0 Å². The van der Waals surface area contributed by atoms with Gasteiger partial charge in [0.05, 0.1) is 0 Å². The molecule has 0 aromatic rings. The maximum atomic E-state index is 5.49. The molecule has 1 aliphatic rings. The van der Waals surface area contributed by atoms with Crippen molar-refractivity contribution < 1.29 is 0 Å². The second-order valence-electron chi connectivity index (χ2n) is 2.65. The lowest BCUT2D eigenvalue weighted by Gasteiger charge is -2.26. The molecule has 0 fully saturated rings. The van der Waals surface area contributed by atoms with Crippen LogP contribution in [0, 0.1) is 5.92 Å². The molecular formula is C6H14N4. The van der Waals surface area contributed by atoms with Gasteiger partial charge in [-0.15, -0.1) is 0 Å². The third-order valence-corrected chi connectivity index (χ3v) is 1.88. The monoisotopic (exact) mass is 142 g/mol. The van der Waals surface area contributed by atoms with Crippen molar-refractivity contribution in [1.29, 1.82) is 0 Å². The molecule has 5 N–H and O–H groups in total. The van der Waals surface area contributed by atoms with E-state index in [9.17, 15) is 0 Å². The second-order valence-corrected chi connectivity index (χ2v) is 2.65. The number of rotatable bonds is 1. The molecule has 1 heterocycles. The highest BCUT2D eigenvalue weighted by Crippen LogP contribution is 2.05. The Morgan fingerprint density at radius 2 is 2.50 bits per heavy atom. The Bertz CT molecular complexity index is 143. The molecule has 4 heteroatoms. The maximum Gasteiger partial charge on any atom is 0.188 e. The zero-order valence-corrected chi connectivity index (χ0v) is 6.17. The van der Waals surface area contributed by atoms with E-state index in [0.29, 0.717) is 24.5 Å². The molecule has 2 unspecified atom stereocenters. The fourth-order valence-electron chi connectivity index (χ4n) is 1.05. The summed E-state index contributed by atoms with van der Waals surface area (Å²) in [6.07, 6.45) is 0. The molecule has 0 aromatic heterocycles. The van der Waals surface area contributed by atoms with E-state index in [4.69, 9.17) is 11.5 Å². The molecule has 0 radical (unpaired) electrons. The molecule has 1 rings (SSSR count). The van der Waals surface area contributed by atoms with Crippen LogP contribution in [0.5, 0.6) is 0 Å². The van der Waals surface area contributed by atoms with Gasteiger partial charge < -0.3 is 16.8 Å². The average molecular weight is 142 g/mol. The van der Waals surface area contributed by atoms with E-state index in [1.807, 2.05) is 0 Å². The van der Waals surface area contributed by atoms with Gasteiger partial charge >= 0.3 is 0 Å². The molecule has 4 nitrogen and oxygen atoms in total. The first kappa shape index (κ1) is 7.34. The largest absolute Gasteiger partial charge is 0.370 e. The molecule has 2 atom stereocenters.